The summed E-state index contributed by atoms with van der Waals surface area (Å²) in [6.07, 6.45) is 18.0. The molecule has 4 aromatic carbocycles. The molecule has 37 heavy (non-hydrogen) atoms. The van der Waals surface area contributed by atoms with Crippen LogP contribution in [-0.2, 0) is 0 Å². The third-order valence-corrected chi connectivity index (χ3v) is 8.04. The number of hydrogen-bond acceptors (Lipinski definition) is 1. The van der Waals surface area contributed by atoms with Crippen LogP contribution in [0.15, 0.2) is 102 Å². The highest BCUT2D eigenvalue weighted by Gasteiger charge is 2.15. The average Bonchev–Trinajstić information content (AvgIpc) is 2.96. The first-order valence-corrected chi connectivity index (χ1v) is 14.2. The van der Waals surface area contributed by atoms with E-state index in [0.29, 0.717) is 0 Å². The highest BCUT2D eigenvalue weighted by atomic mass is 15.1. The van der Waals surface area contributed by atoms with Gasteiger partial charge in [0.1, 0.15) is 0 Å². The number of anilines is 3. The van der Waals surface area contributed by atoms with Gasteiger partial charge >= 0.3 is 0 Å². The molecule has 1 nitrogen and oxygen atoms in total. The molecule has 0 atom stereocenters. The maximum absolute atomic E-state index is 2.42. The van der Waals surface area contributed by atoms with Crippen molar-refractivity contribution in [1.29, 1.82) is 0 Å². The minimum Gasteiger partial charge on any atom is -0.310 e. The maximum atomic E-state index is 2.42. The topological polar surface area (TPSA) is 3.24 Å². The molecular weight excluding hydrogens is 446 g/mol. The summed E-state index contributed by atoms with van der Waals surface area (Å²) < 4.78 is 0. The van der Waals surface area contributed by atoms with Gasteiger partial charge in [0.05, 0.1) is 5.69 Å². The molecular formula is C36H37N. The molecule has 4 aromatic rings. The fourth-order valence-electron chi connectivity index (χ4n) is 6.04. The van der Waals surface area contributed by atoms with E-state index in [0.717, 1.165) is 0 Å². The van der Waals surface area contributed by atoms with E-state index in [1.165, 1.54) is 103 Å². The van der Waals surface area contributed by atoms with Crippen LogP contribution < -0.4 is 4.90 Å². The van der Waals surface area contributed by atoms with Gasteiger partial charge < -0.3 is 4.90 Å². The highest BCUT2D eigenvalue weighted by molar-refractivity contribution is 5.98. The fourth-order valence-corrected chi connectivity index (χ4v) is 6.04. The molecule has 2 saturated carbocycles. The van der Waals surface area contributed by atoms with Gasteiger partial charge in [0.15, 0.2) is 0 Å². The number of nitrogens with zero attached hydrogens (tertiary/aromatic N) is 1. The van der Waals surface area contributed by atoms with Crippen LogP contribution in [0.4, 0.5) is 17.1 Å². The molecule has 0 aliphatic heterocycles. The van der Waals surface area contributed by atoms with Gasteiger partial charge in [-0.3, -0.25) is 0 Å². The molecule has 0 radical (unpaired) electrons. The van der Waals surface area contributed by atoms with Crippen LogP contribution in [0.5, 0.6) is 0 Å². The van der Waals surface area contributed by atoms with Gasteiger partial charge in [0, 0.05) is 16.8 Å². The van der Waals surface area contributed by atoms with Crippen LogP contribution in [0.3, 0.4) is 0 Å². The van der Waals surface area contributed by atoms with E-state index >= 15 is 0 Å². The third kappa shape index (κ3) is 5.57. The molecule has 2 aliphatic carbocycles. The molecule has 0 amide bonds. The Hall–Kier alpha value is -3.58. The van der Waals surface area contributed by atoms with E-state index in [2.05, 4.69) is 108 Å². The predicted molar refractivity (Wildman–Crippen MR) is 161 cm³/mol. The second-order valence-electron chi connectivity index (χ2n) is 10.7. The van der Waals surface area contributed by atoms with Crippen LogP contribution >= 0.6 is 0 Å². The Morgan fingerprint density at radius 1 is 0.459 bits per heavy atom. The van der Waals surface area contributed by atoms with Gasteiger partial charge in [-0.15, -0.1) is 0 Å². The molecule has 0 unspecified atom stereocenters. The van der Waals surface area contributed by atoms with Crippen molar-refractivity contribution in [2.75, 3.05) is 4.90 Å². The Bertz CT molecular complexity index is 1310. The summed E-state index contributed by atoms with van der Waals surface area (Å²) in [6.45, 7) is 0. The van der Waals surface area contributed by atoms with Gasteiger partial charge in [-0.25, -0.2) is 0 Å². The minimum absolute atomic E-state index is 1.19. The molecule has 0 aromatic heterocycles. The monoisotopic (exact) mass is 483 g/mol. The van der Waals surface area contributed by atoms with Crippen LogP contribution in [0, 0.1) is 0 Å². The summed E-state index contributed by atoms with van der Waals surface area (Å²) in [6, 6.07) is 33.6. The molecule has 186 valence electrons. The zero-order valence-electron chi connectivity index (χ0n) is 21.8. The molecule has 6 rings (SSSR count). The number of benzene rings is 4. The van der Waals surface area contributed by atoms with Crippen LogP contribution in [0.25, 0.3) is 22.9 Å². The Balaban J connectivity index is 1.37. The van der Waals surface area contributed by atoms with Crippen molar-refractivity contribution < 1.29 is 0 Å². The van der Waals surface area contributed by atoms with Crippen LogP contribution in [0.2, 0.25) is 0 Å². The molecule has 2 aliphatic rings. The van der Waals surface area contributed by atoms with E-state index in [1.807, 2.05) is 0 Å². The van der Waals surface area contributed by atoms with Crippen molar-refractivity contribution in [2.24, 2.45) is 0 Å². The first-order valence-electron chi connectivity index (χ1n) is 14.2. The fraction of sp³-hybridized carbons (Fsp3) is 0.278. The Labute approximate surface area is 222 Å². The highest BCUT2D eigenvalue weighted by Crippen LogP contribution is 2.39. The van der Waals surface area contributed by atoms with Gasteiger partial charge in [-0.2, -0.15) is 0 Å². The largest absolute Gasteiger partial charge is 0.310 e. The normalized spacial score (nSPS) is 16.0. The Morgan fingerprint density at radius 2 is 0.946 bits per heavy atom. The molecule has 0 N–H and O–H groups in total. The predicted octanol–water partition coefficient (Wildman–Crippen LogP) is 11.0. The lowest BCUT2D eigenvalue weighted by molar-refractivity contribution is 0.602. The minimum atomic E-state index is 1.19. The summed E-state index contributed by atoms with van der Waals surface area (Å²) >= 11 is 0. The van der Waals surface area contributed by atoms with Crippen molar-refractivity contribution >= 4 is 40.0 Å². The second-order valence-corrected chi connectivity index (χ2v) is 10.7. The van der Waals surface area contributed by atoms with E-state index in [1.54, 1.807) is 11.1 Å². The second kappa shape index (κ2) is 11.2. The van der Waals surface area contributed by atoms with Crippen molar-refractivity contribution in [3.8, 4) is 0 Å². The summed E-state index contributed by atoms with van der Waals surface area (Å²) in [5.74, 6) is 0. The SMILES string of the molecule is C(=C1CCCCC1)c1ccc(N(c2ccc(C=C3CCCCC3)cc2)c2cccc3ccccc23)cc1. The standard InChI is InChI=1S/C36H37N/c1-3-10-28(11-4-1)26-30-18-22-33(23-19-30)37(36-17-9-15-32-14-7-8-16-35(32)36)34-24-20-31(21-25-34)27-29-12-5-2-6-13-29/h7-9,14-27H,1-6,10-13H2. The van der Waals surface area contributed by atoms with Gasteiger partial charge in [0.2, 0.25) is 0 Å². The lowest BCUT2D eigenvalue weighted by Crippen LogP contribution is -2.10. The first kappa shape index (κ1) is 23.8. The molecule has 1 heteroatoms. The summed E-state index contributed by atoms with van der Waals surface area (Å²) in [5, 5.41) is 2.54. The Kier molecular flexibility index (Phi) is 7.21. The van der Waals surface area contributed by atoms with Crippen molar-refractivity contribution in [3.05, 3.63) is 113 Å². The number of rotatable bonds is 5. The van der Waals surface area contributed by atoms with Crippen molar-refractivity contribution in [1.82, 2.24) is 0 Å². The first-order chi connectivity index (χ1) is 18.3. The summed E-state index contributed by atoms with van der Waals surface area (Å²) in [5.41, 5.74) is 9.44. The molecule has 0 heterocycles. The summed E-state index contributed by atoms with van der Waals surface area (Å²) in [7, 11) is 0. The van der Waals surface area contributed by atoms with E-state index in [9.17, 15) is 0 Å². The molecule has 0 bridgehead atoms. The lowest BCUT2D eigenvalue weighted by atomic mass is 9.93. The zero-order valence-corrected chi connectivity index (χ0v) is 21.8. The van der Waals surface area contributed by atoms with Crippen molar-refractivity contribution in [3.63, 3.8) is 0 Å². The lowest BCUT2D eigenvalue weighted by Gasteiger charge is -2.27. The van der Waals surface area contributed by atoms with Gasteiger partial charge in [-0.05, 0) is 98.2 Å². The Morgan fingerprint density at radius 3 is 1.49 bits per heavy atom. The zero-order chi connectivity index (χ0) is 24.9. The number of allylic oxidation sites excluding steroid dienone is 2. The number of fused-ring (bicyclic) bond motifs is 1. The number of hydrogen-bond donors (Lipinski definition) is 0. The summed E-state index contributed by atoms with van der Waals surface area (Å²) in [4.78, 5) is 2.41. The van der Waals surface area contributed by atoms with Gasteiger partial charge in [-0.1, -0.05) is 96.8 Å². The maximum Gasteiger partial charge on any atom is 0.0540 e. The third-order valence-electron chi connectivity index (χ3n) is 8.04. The molecule has 0 spiro atoms. The molecule has 2 fully saturated rings. The van der Waals surface area contributed by atoms with Crippen molar-refractivity contribution in [2.45, 2.75) is 64.2 Å². The molecule has 0 saturated heterocycles. The van der Waals surface area contributed by atoms with E-state index in [-0.39, 0.29) is 0 Å². The van der Waals surface area contributed by atoms with E-state index in [4.69, 9.17) is 0 Å². The average molecular weight is 484 g/mol. The van der Waals surface area contributed by atoms with Crippen LogP contribution in [-0.4, -0.2) is 0 Å². The van der Waals surface area contributed by atoms with Crippen LogP contribution in [0.1, 0.15) is 75.3 Å². The quantitative estimate of drug-likeness (QED) is 0.273. The smallest absolute Gasteiger partial charge is 0.0540 e. The van der Waals surface area contributed by atoms with E-state index < -0.39 is 0 Å². The van der Waals surface area contributed by atoms with Gasteiger partial charge in [0.25, 0.3) is 0 Å².